The predicted molar refractivity (Wildman–Crippen MR) is 137 cm³/mol. The van der Waals surface area contributed by atoms with E-state index in [1.807, 2.05) is 41.2 Å². The van der Waals surface area contributed by atoms with Gasteiger partial charge in [-0.1, -0.05) is 48.5 Å². The highest BCUT2D eigenvalue weighted by molar-refractivity contribution is 5.94. The number of benzene rings is 3. The zero-order valence-corrected chi connectivity index (χ0v) is 19.4. The van der Waals surface area contributed by atoms with Crippen LogP contribution in [0.2, 0.25) is 0 Å². The van der Waals surface area contributed by atoms with Gasteiger partial charge in [0, 0.05) is 24.5 Å². The van der Waals surface area contributed by atoms with Crippen molar-refractivity contribution in [1.29, 1.82) is 5.26 Å². The molecule has 0 aliphatic rings. The number of nitrogens with two attached hydrogens (primary N) is 1. The number of hydrogen-bond acceptors (Lipinski definition) is 5. The summed E-state index contributed by atoms with van der Waals surface area (Å²) in [6.45, 7) is 1.11. The molecule has 3 N–H and O–H groups in total. The lowest BCUT2D eigenvalue weighted by molar-refractivity contribution is 0.0951. The van der Waals surface area contributed by atoms with Crippen LogP contribution >= 0.6 is 0 Å². The smallest absolute Gasteiger partial charge is 0.251 e. The maximum absolute atomic E-state index is 12.8. The minimum Gasteiger partial charge on any atom is -0.382 e. The van der Waals surface area contributed by atoms with Crippen molar-refractivity contribution in [3.63, 3.8) is 0 Å². The SMILES string of the molecule is N#Cc1cnn(-c2ccc(C(=O)NCc3ccccc3-c3ccc(Cn4cccn4)cc3)cc2)c1N. The minimum absolute atomic E-state index is 0.183. The number of nitrogens with one attached hydrogen (secondary N) is 1. The molecule has 0 spiro atoms. The zero-order valence-electron chi connectivity index (χ0n) is 19.4. The summed E-state index contributed by atoms with van der Waals surface area (Å²) in [4.78, 5) is 12.8. The first kappa shape index (κ1) is 22.6. The molecule has 36 heavy (non-hydrogen) atoms. The lowest BCUT2D eigenvalue weighted by Crippen LogP contribution is -2.23. The number of hydrogen-bond donors (Lipinski definition) is 2. The zero-order chi connectivity index (χ0) is 24.9. The summed E-state index contributed by atoms with van der Waals surface area (Å²) in [6, 6.07) is 27.2. The molecule has 1 amide bonds. The lowest BCUT2D eigenvalue weighted by Gasteiger charge is -2.12. The summed E-state index contributed by atoms with van der Waals surface area (Å²) in [7, 11) is 0. The molecule has 3 aromatic carbocycles. The van der Waals surface area contributed by atoms with Gasteiger partial charge in [-0.05, 0) is 52.6 Å². The van der Waals surface area contributed by atoms with Crippen molar-refractivity contribution in [2.75, 3.05) is 5.73 Å². The summed E-state index contributed by atoms with van der Waals surface area (Å²) in [5.41, 5.74) is 11.8. The van der Waals surface area contributed by atoms with Gasteiger partial charge in [0.1, 0.15) is 17.5 Å². The monoisotopic (exact) mass is 473 g/mol. The summed E-state index contributed by atoms with van der Waals surface area (Å²) in [5.74, 6) is 0.0813. The Morgan fingerprint density at radius 1 is 0.972 bits per heavy atom. The summed E-state index contributed by atoms with van der Waals surface area (Å²) in [5, 5.41) is 20.5. The van der Waals surface area contributed by atoms with Crippen LogP contribution in [0.1, 0.15) is 27.0 Å². The standard InChI is InChI=1S/C28H23N7O/c29-16-24-18-33-35(27(24)30)25-12-10-22(11-13-25)28(36)31-17-23-4-1-2-5-26(23)21-8-6-20(7-9-21)19-34-15-3-14-32-34/h1-15,18H,17,19,30H2,(H,31,36). The Hall–Kier alpha value is -5.16. The Morgan fingerprint density at radius 2 is 1.75 bits per heavy atom. The van der Waals surface area contributed by atoms with Crippen LogP contribution in [-0.4, -0.2) is 25.5 Å². The molecule has 8 heteroatoms. The molecule has 0 aliphatic carbocycles. The fourth-order valence-electron chi connectivity index (χ4n) is 4.01. The van der Waals surface area contributed by atoms with Gasteiger partial charge in [0.25, 0.3) is 5.91 Å². The Morgan fingerprint density at radius 3 is 2.44 bits per heavy atom. The minimum atomic E-state index is -0.183. The highest BCUT2D eigenvalue weighted by atomic mass is 16.1. The molecule has 0 fully saturated rings. The van der Waals surface area contributed by atoms with E-state index in [9.17, 15) is 4.79 Å². The van der Waals surface area contributed by atoms with Crippen molar-refractivity contribution in [3.8, 4) is 22.9 Å². The van der Waals surface area contributed by atoms with E-state index >= 15 is 0 Å². The molecule has 176 valence electrons. The van der Waals surface area contributed by atoms with Crippen LogP contribution in [0.25, 0.3) is 16.8 Å². The first-order valence-electron chi connectivity index (χ1n) is 11.4. The summed E-state index contributed by atoms with van der Waals surface area (Å²) in [6.07, 6.45) is 5.13. The molecule has 0 bridgehead atoms. The fourth-order valence-corrected chi connectivity index (χ4v) is 4.01. The number of carbonyl (C=O) groups excluding carboxylic acids is 1. The van der Waals surface area contributed by atoms with Crippen LogP contribution in [0.4, 0.5) is 5.82 Å². The molecule has 0 aliphatic heterocycles. The number of nitrogen functional groups attached to an aromatic ring is 1. The van der Waals surface area contributed by atoms with Crippen molar-refractivity contribution in [3.05, 3.63) is 120 Å². The molecule has 0 atom stereocenters. The van der Waals surface area contributed by atoms with Crippen molar-refractivity contribution in [1.82, 2.24) is 24.9 Å². The molecule has 2 heterocycles. The quantitative estimate of drug-likeness (QED) is 0.368. The van der Waals surface area contributed by atoms with E-state index in [2.05, 4.69) is 45.8 Å². The molecule has 2 aromatic heterocycles. The molecule has 0 unspecified atom stereocenters. The van der Waals surface area contributed by atoms with Crippen molar-refractivity contribution >= 4 is 11.7 Å². The van der Waals surface area contributed by atoms with E-state index in [0.29, 0.717) is 23.4 Å². The third-order valence-corrected chi connectivity index (χ3v) is 5.93. The predicted octanol–water partition coefficient (Wildman–Crippen LogP) is 4.17. The van der Waals surface area contributed by atoms with Crippen LogP contribution in [0.5, 0.6) is 0 Å². The van der Waals surface area contributed by atoms with E-state index in [1.165, 1.54) is 10.9 Å². The molecule has 0 radical (unpaired) electrons. The van der Waals surface area contributed by atoms with Crippen LogP contribution in [0.3, 0.4) is 0 Å². The molecule has 5 aromatic rings. The number of rotatable bonds is 7. The van der Waals surface area contributed by atoms with Crippen LogP contribution in [-0.2, 0) is 13.1 Å². The Labute approximate surface area is 208 Å². The summed E-state index contributed by atoms with van der Waals surface area (Å²) < 4.78 is 3.36. The maximum Gasteiger partial charge on any atom is 0.251 e. The van der Waals surface area contributed by atoms with Crippen molar-refractivity contribution in [2.24, 2.45) is 0 Å². The molecular weight excluding hydrogens is 450 g/mol. The average molecular weight is 474 g/mol. The van der Waals surface area contributed by atoms with Gasteiger partial charge in [-0.25, -0.2) is 4.68 Å². The Balaban J connectivity index is 1.26. The van der Waals surface area contributed by atoms with Gasteiger partial charge in [-0.15, -0.1) is 0 Å². The third kappa shape index (κ3) is 4.72. The van der Waals surface area contributed by atoms with Gasteiger partial charge in [0.2, 0.25) is 0 Å². The highest BCUT2D eigenvalue weighted by Gasteiger charge is 2.11. The van der Waals surface area contributed by atoms with Gasteiger partial charge in [0.15, 0.2) is 0 Å². The highest BCUT2D eigenvalue weighted by Crippen LogP contribution is 2.24. The number of nitriles is 1. The first-order chi connectivity index (χ1) is 17.6. The number of anilines is 1. The molecule has 0 saturated carbocycles. The number of aromatic nitrogens is 4. The number of nitrogens with zero attached hydrogens (tertiary/aromatic N) is 5. The van der Waals surface area contributed by atoms with E-state index < -0.39 is 0 Å². The summed E-state index contributed by atoms with van der Waals surface area (Å²) >= 11 is 0. The molecule has 0 saturated heterocycles. The van der Waals surface area contributed by atoms with Gasteiger partial charge in [-0.2, -0.15) is 15.5 Å². The second-order valence-corrected chi connectivity index (χ2v) is 8.25. The fraction of sp³-hybridized carbons (Fsp3) is 0.0714. The largest absolute Gasteiger partial charge is 0.382 e. The van der Waals surface area contributed by atoms with E-state index in [0.717, 1.165) is 28.8 Å². The van der Waals surface area contributed by atoms with Crippen molar-refractivity contribution < 1.29 is 4.79 Å². The lowest BCUT2D eigenvalue weighted by atomic mass is 9.98. The normalized spacial score (nSPS) is 10.6. The average Bonchev–Trinajstić information content (AvgIpc) is 3.57. The Bertz CT molecular complexity index is 1530. The first-order valence-corrected chi connectivity index (χ1v) is 11.4. The van der Waals surface area contributed by atoms with Crippen LogP contribution < -0.4 is 11.1 Å². The van der Waals surface area contributed by atoms with E-state index in [-0.39, 0.29) is 11.7 Å². The number of amides is 1. The van der Waals surface area contributed by atoms with Gasteiger partial charge in [-0.3, -0.25) is 9.48 Å². The van der Waals surface area contributed by atoms with Gasteiger partial charge >= 0.3 is 0 Å². The van der Waals surface area contributed by atoms with Crippen LogP contribution in [0.15, 0.2) is 97.5 Å². The molecule has 8 nitrogen and oxygen atoms in total. The van der Waals surface area contributed by atoms with E-state index in [4.69, 9.17) is 11.0 Å². The van der Waals surface area contributed by atoms with Crippen molar-refractivity contribution in [2.45, 2.75) is 13.1 Å². The number of carbonyl (C=O) groups is 1. The second kappa shape index (κ2) is 9.99. The van der Waals surface area contributed by atoms with E-state index in [1.54, 1.807) is 30.5 Å². The topological polar surface area (TPSA) is 115 Å². The maximum atomic E-state index is 12.8. The van der Waals surface area contributed by atoms with Crippen LogP contribution in [0, 0.1) is 11.3 Å². The van der Waals surface area contributed by atoms with Gasteiger partial charge < -0.3 is 11.1 Å². The molecule has 5 rings (SSSR count). The second-order valence-electron chi connectivity index (χ2n) is 8.25. The van der Waals surface area contributed by atoms with Gasteiger partial charge in [0.05, 0.1) is 18.4 Å². The molecular formula is C28H23N7O. The third-order valence-electron chi connectivity index (χ3n) is 5.93. The Kier molecular flexibility index (Phi) is 6.28.